The molecule has 0 saturated heterocycles. The number of nitriles is 1. The molecule has 0 aromatic rings. The summed E-state index contributed by atoms with van der Waals surface area (Å²) in [6, 6.07) is 0. The van der Waals surface area contributed by atoms with Crippen LogP contribution < -0.4 is 0 Å². The van der Waals surface area contributed by atoms with Crippen LogP contribution in [0.2, 0.25) is 0 Å². The topological polar surface area (TPSA) is 40.9 Å². The maximum Gasteiger partial charge on any atom is 0.260 e. The summed E-state index contributed by atoms with van der Waals surface area (Å²) in [5, 5.41) is 7.76. The van der Waals surface area contributed by atoms with Gasteiger partial charge >= 0.3 is 0 Å². The van der Waals surface area contributed by atoms with Crippen molar-refractivity contribution in [3.8, 4) is 5.81 Å². The number of halogens is 1. The Kier molecular flexibility index (Phi) is 1.64. The van der Waals surface area contributed by atoms with Crippen molar-refractivity contribution in [2.45, 2.75) is 0 Å². The third-order valence-electron chi connectivity index (χ3n) is 0.179. The van der Waals surface area contributed by atoms with E-state index in [9.17, 15) is 4.57 Å². The van der Waals surface area contributed by atoms with Crippen molar-refractivity contribution >= 4 is 17.7 Å². The van der Waals surface area contributed by atoms with E-state index in [4.69, 9.17) is 16.5 Å². The molecule has 0 bridgehead atoms. The van der Waals surface area contributed by atoms with Crippen molar-refractivity contribution in [1.82, 2.24) is 0 Å². The first-order valence-electron chi connectivity index (χ1n) is 1.25. The third kappa shape index (κ3) is 4.01. The van der Waals surface area contributed by atoms with Gasteiger partial charge in [0.25, 0.3) is 6.49 Å². The van der Waals surface area contributed by atoms with Gasteiger partial charge in [-0.05, 0) is 11.2 Å². The first-order chi connectivity index (χ1) is 2.56. The van der Waals surface area contributed by atoms with Gasteiger partial charge in [0.2, 0.25) is 0 Å². The molecular weight excluding hydrogens is 120 g/mol. The van der Waals surface area contributed by atoms with Crippen molar-refractivity contribution in [1.29, 1.82) is 5.26 Å². The maximum atomic E-state index is 9.99. The fourth-order valence-corrected chi connectivity index (χ4v) is 0. The van der Waals surface area contributed by atoms with E-state index in [1.807, 2.05) is 0 Å². The van der Waals surface area contributed by atoms with E-state index in [-0.39, 0.29) is 0 Å². The van der Waals surface area contributed by atoms with Crippen LogP contribution in [0, 0.1) is 11.1 Å². The molecule has 4 heteroatoms. The lowest BCUT2D eigenvalue weighted by Gasteiger charge is -1.78. The lowest BCUT2D eigenvalue weighted by atomic mass is 11.8. The van der Waals surface area contributed by atoms with Crippen LogP contribution in [0.4, 0.5) is 0 Å². The SMILES string of the molecule is CP(=O)(Cl)C#N. The highest BCUT2D eigenvalue weighted by Gasteiger charge is 2.03. The van der Waals surface area contributed by atoms with Crippen LogP contribution >= 0.6 is 17.7 Å². The van der Waals surface area contributed by atoms with E-state index >= 15 is 0 Å². The zero-order chi connectivity index (χ0) is 5.21. The quantitative estimate of drug-likeness (QED) is 0.459. The van der Waals surface area contributed by atoms with Crippen LogP contribution in [-0.2, 0) is 4.57 Å². The second-order valence-electron chi connectivity index (χ2n) is 0.920. The third-order valence-corrected chi connectivity index (χ3v) is 0.763. The molecule has 0 aliphatic rings. The molecule has 2 nitrogen and oxygen atoms in total. The lowest BCUT2D eigenvalue weighted by molar-refractivity contribution is 0.593. The molecule has 0 aliphatic heterocycles. The van der Waals surface area contributed by atoms with E-state index in [0.717, 1.165) is 0 Å². The summed E-state index contributed by atoms with van der Waals surface area (Å²) in [7, 11) is 0. The van der Waals surface area contributed by atoms with Gasteiger partial charge in [0.1, 0.15) is 5.81 Å². The van der Waals surface area contributed by atoms with Gasteiger partial charge in [-0.2, -0.15) is 5.26 Å². The van der Waals surface area contributed by atoms with Gasteiger partial charge in [0.15, 0.2) is 0 Å². The zero-order valence-electron chi connectivity index (χ0n) is 3.18. The highest BCUT2D eigenvalue weighted by molar-refractivity contribution is 7.92. The van der Waals surface area contributed by atoms with Crippen LogP contribution in [0.3, 0.4) is 0 Å². The van der Waals surface area contributed by atoms with E-state index in [0.29, 0.717) is 0 Å². The molecule has 0 aliphatic carbocycles. The summed E-state index contributed by atoms with van der Waals surface area (Å²) in [5.41, 5.74) is 0. The number of hydrogen-bond acceptors (Lipinski definition) is 2. The second kappa shape index (κ2) is 1.64. The van der Waals surface area contributed by atoms with Crippen LogP contribution in [0.1, 0.15) is 0 Å². The Hall–Kier alpha value is 0.0100. The highest BCUT2D eigenvalue weighted by atomic mass is 35.7. The highest BCUT2D eigenvalue weighted by Crippen LogP contribution is 2.44. The van der Waals surface area contributed by atoms with Gasteiger partial charge in [-0.1, -0.05) is 0 Å². The minimum Gasteiger partial charge on any atom is -0.291 e. The minimum absolute atomic E-state index is 1.20. The summed E-state index contributed by atoms with van der Waals surface area (Å²) in [6.45, 7) is -1.67. The molecule has 0 aromatic carbocycles. The molecule has 0 spiro atoms. The lowest BCUT2D eigenvalue weighted by Crippen LogP contribution is -1.50. The molecule has 1 unspecified atom stereocenters. The summed E-state index contributed by atoms with van der Waals surface area (Å²) in [6.07, 6.45) is 0. The van der Waals surface area contributed by atoms with Crippen molar-refractivity contribution in [2.24, 2.45) is 0 Å². The van der Waals surface area contributed by atoms with E-state index in [2.05, 4.69) is 0 Å². The van der Waals surface area contributed by atoms with Crippen LogP contribution in [-0.4, -0.2) is 6.66 Å². The predicted molar refractivity (Wildman–Crippen MR) is 25.0 cm³/mol. The summed E-state index contributed by atoms with van der Waals surface area (Å²) >= 11 is 4.91. The Bertz CT molecular complexity index is 120. The number of rotatable bonds is 0. The first kappa shape index (κ1) is 6.01. The smallest absolute Gasteiger partial charge is 0.260 e. The van der Waals surface area contributed by atoms with Crippen molar-refractivity contribution in [2.75, 3.05) is 6.66 Å². The van der Waals surface area contributed by atoms with Crippen LogP contribution in [0.25, 0.3) is 0 Å². The predicted octanol–water partition coefficient (Wildman–Crippen LogP) is 1.61. The molecule has 0 saturated carbocycles. The fourth-order valence-electron chi connectivity index (χ4n) is 0. The first-order valence-corrected chi connectivity index (χ1v) is 4.31. The molecule has 34 valence electrons. The molecule has 1 atom stereocenters. The van der Waals surface area contributed by atoms with Crippen LogP contribution in [0.5, 0.6) is 0 Å². The Morgan fingerprint density at radius 1 is 2.00 bits per heavy atom. The molecule has 0 fully saturated rings. The number of hydrogen-bond donors (Lipinski definition) is 0. The molecule has 0 amide bonds. The normalized spacial score (nSPS) is 18.2. The Labute approximate surface area is 40.9 Å². The van der Waals surface area contributed by atoms with Crippen molar-refractivity contribution in [3.63, 3.8) is 0 Å². The Morgan fingerprint density at radius 2 is 2.17 bits per heavy atom. The second-order valence-corrected chi connectivity index (χ2v) is 4.70. The van der Waals surface area contributed by atoms with Gasteiger partial charge in [0.05, 0.1) is 0 Å². The molecule has 0 aromatic heterocycles. The van der Waals surface area contributed by atoms with Gasteiger partial charge in [0, 0.05) is 6.66 Å². The average molecular weight is 123 g/mol. The molecule has 6 heavy (non-hydrogen) atoms. The van der Waals surface area contributed by atoms with Crippen LogP contribution in [0.15, 0.2) is 0 Å². The van der Waals surface area contributed by atoms with Gasteiger partial charge in [-0.3, -0.25) is 4.57 Å². The minimum atomic E-state index is -2.87. The van der Waals surface area contributed by atoms with E-state index < -0.39 is 6.49 Å². The Morgan fingerprint density at radius 3 is 2.17 bits per heavy atom. The summed E-state index contributed by atoms with van der Waals surface area (Å²) in [4.78, 5) is 0. The maximum absolute atomic E-state index is 9.99. The zero-order valence-corrected chi connectivity index (χ0v) is 4.83. The van der Waals surface area contributed by atoms with Gasteiger partial charge in [-0.25, -0.2) is 0 Å². The average Bonchev–Trinajstić information content (AvgIpc) is 1.35. The monoisotopic (exact) mass is 123 g/mol. The standard InChI is InChI=1S/C2H3ClNOP/c1-6(3,5)2-4/h1H3. The number of nitrogens with zero attached hydrogens (tertiary/aromatic N) is 1. The fraction of sp³-hybridized carbons (Fsp3) is 0.500. The van der Waals surface area contributed by atoms with Crippen molar-refractivity contribution < 1.29 is 4.57 Å². The molecule has 0 radical (unpaired) electrons. The molecule has 0 rings (SSSR count). The molecule has 0 heterocycles. The van der Waals surface area contributed by atoms with E-state index in [1.165, 1.54) is 12.5 Å². The van der Waals surface area contributed by atoms with Crippen molar-refractivity contribution in [3.05, 3.63) is 0 Å². The van der Waals surface area contributed by atoms with Gasteiger partial charge in [-0.15, -0.1) is 0 Å². The molecular formula is C2H3ClNOP. The molecule has 0 N–H and O–H groups in total. The largest absolute Gasteiger partial charge is 0.291 e. The summed E-state index contributed by atoms with van der Waals surface area (Å²) < 4.78 is 9.99. The van der Waals surface area contributed by atoms with E-state index in [1.54, 1.807) is 0 Å². The summed E-state index contributed by atoms with van der Waals surface area (Å²) in [5.74, 6) is 1.43. The van der Waals surface area contributed by atoms with Gasteiger partial charge < -0.3 is 0 Å². The Balaban J connectivity index is 3.94.